The Morgan fingerprint density at radius 3 is 2.45 bits per heavy atom. The highest BCUT2D eigenvalue weighted by atomic mass is 16.3. The molecule has 2 rings (SSSR count). The van der Waals surface area contributed by atoms with Crippen molar-refractivity contribution in [2.45, 2.75) is 18.9 Å². The van der Waals surface area contributed by atoms with Crippen LogP contribution in [-0.2, 0) is 6.42 Å². The molecule has 1 fully saturated rings. The number of hydrogen-bond acceptors (Lipinski definition) is 1. The number of aliphatic hydroxyl groups excluding tert-OH is 1. The van der Waals surface area contributed by atoms with Gasteiger partial charge in [0.1, 0.15) is 0 Å². The minimum atomic E-state index is -0.0183. The monoisotopic (exact) mass is 148 g/mol. The fourth-order valence-corrected chi connectivity index (χ4v) is 1.37. The van der Waals surface area contributed by atoms with Gasteiger partial charge in [0.25, 0.3) is 0 Å². The van der Waals surface area contributed by atoms with E-state index in [0.717, 1.165) is 12.8 Å². The molecule has 0 amide bonds. The van der Waals surface area contributed by atoms with E-state index in [4.69, 9.17) is 5.11 Å². The number of hydrogen-bond donors (Lipinski definition) is 1. The third-order valence-corrected chi connectivity index (χ3v) is 2.23. The first kappa shape index (κ1) is 6.86. The molecule has 1 heteroatoms. The van der Waals surface area contributed by atoms with Crippen LogP contribution in [-0.4, -0.2) is 11.2 Å². The molecule has 0 bridgehead atoms. The van der Waals surface area contributed by atoms with Crippen LogP contribution in [0, 0.1) is 5.92 Å². The van der Waals surface area contributed by atoms with Crippen molar-refractivity contribution in [2.24, 2.45) is 5.92 Å². The van der Waals surface area contributed by atoms with Crippen LogP contribution in [0.4, 0.5) is 0 Å². The molecule has 58 valence electrons. The van der Waals surface area contributed by atoms with Gasteiger partial charge in [-0.05, 0) is 24.3 Å². The maximum absolute atomic E-state index is 9.09. The van der Waals surface area contributed by atoms with Gasteiger partial charge in [0, 0.05) is 0 Å². The van der Waals surface area contributed by atoms with E-state index >= 15 is 0 Å². The lowest BCUT2D eigenvalue weighted by Gasteiger charge is -1.96. The minimum absolute atomic E-state index is 0.0183. The molecular weight excluding hydrogens is 136 g/mol. The second-order valence-corrected chi connectivity index (χ2v) is 3.25. The molecule has 1 saturated carbocycles. The van der Waals surface area contributed by atoms with Crippen LogP contribution in [0.3, 0.4) is 0 Å². The Labute approximate surface area is 66.7 Å². The van der Waals surface area contributed by atoms with Gasteiger partial charge in [-0.25, -0.2) is 0 Å². The molecule has 0 heterocycles. The van der Waals surface area contributed by atoms with Crippen LogP contribution in [0.15, 0.2) is 30.3 Å². The third-order valence-electron chi connectivity index (χ3n) is 2.23. The van der Waals surface area contributed by atoms with E-state index < -0.39 is 0 Å². The van der Waals surface area contributed by atoms with Gasteiger partial charge in [-0.3, -0.25) is 0 Å². The smallest absolute Gasteiger partial charge is 0.0576 e. The molecule has 0 saturated heterocycles. The lowest BCUT2D eigenvalue weighted by atomic mass is 10.1. The van der Waals surface area contributed by atoms with Crippen molar-refractivity contribution in [3.8, 4) is 0 Å². The molecule has 1 aromatic carbocycles. The number of rotatable bonds is 2. The summed E-state index contributed by atoms with van der Waals surface area (Å²) < 4.78 is 0. The SMILES string of the molecule is O[C@@H]1C[C@@H]1Cc1ccccc1. The van der Waals surface area contributed by atoms with E-state index in [1.807, 2.05) is 18.2 Å². The van der Waals surface area contributed by atoms with Gasteiger partial charge < -0.3 is 5.11 Å². The molecule has 1 aromatic rings. The van der Waals surface area contributed by atoms with Gasteiger partial charge in [0.15, 0.2) is 0 Å². The molecule has 1 N–H and O–H groups in total. The Morgan fingerprint density at radius 1 is 1.27 bits per heavy atom. The lowest BCUT2D eigenvalue weighted by Crippen LogP contribution is -1.90. The van der Waals surface area contributed by atoms with E-state index in [1.165, 1.54) is 5.56 Å². The highest BCUT2D eigenvalue weighted by Crippen LogP contribution is 2.33. The largest absolute Gasteiger partial charge is 0.393 e. The van der Waals surface area contributed by atoms with Crippen molar-refractivity contribution >= 4 is 0 Å². The van der Waals surface area contributed by atoms with Crippen molar-refractivity contribution in [3.63, 3.8) is 0 Å². The maximum atomic E-state index is 9.09. The van der Waals surface area contributed by atoms with E-state index in [1.54, 1.807) is 0 Å². The first-order chi connectivity index (χ1) is 5.36. The van der Waals surface area contributed by atoms with Crippen LogP contribution in [0.25, 0.3) is 0 Å². The zero-order valence-electron chi connectivity index (χ0n) is 6.40. The molecule has 2 atom stereocenters. The van der Waals surface area contributed by atoms with Gasteiger partial charge >= 0.3 is 0 Å². The highest BCUT2D eigenvalue weighted by molar-refractivity contribution is 5.16. The lowest BCUT2D eigenvalue weighted by molar-refractivity contribution is 0.259. The average Bonchev–Trinajstić information content (AvgIpc) is 2.69. The third kappa shape index (κ3) is 1.60. The van der Waals surface area contributed by atoms with Crippen LogP contribution in [0.1, 0.15) is 12.0 Å². The molecule has 0 aliphatic heterocycles. The number of aliphatic hydroxyl groups is 1. The molecule has 1 aliphatic carbocycles. The Hall–Kier alpha value is -0.820. The van der Waals surface area contributed by atoms with Gasteiger partial charge in [0.05, 0.1) is 6.10 Å². The Kier molecular flexibility index (Phi) is 1.66. The molecule has 0 aromatic heterocycles. The van der Waals surface area contributed by atoms with E-state index in [2.05, 4.69) is 12.1 Å². The van der Waals surface area contributed by atoms with Gasteiger partial charge in [-0.15, -0.1) is 0 Å². The Balaban J connectivity index is 1.97. The first-order valence-corrected chi connectivity index (χ1v) is 4.08. The summed E-state index contributed by atoms with van der Waals surface area (Å²) in [5.41, 5.74) is 1.34. The number of benzene rings is 1. The standard InChI is InChI=1S/C10H12O/c11-10-7-9(10)6-8-4-2-1-3-5-8/h1-5,9-11H,6-7H2/t9-,10+/m0/s1. The molecule has 0 unspecified atom stereocenters. The van der Waals surface area contributed by atoms with Crippen molar-refractivity contribution < 1.29 is 5.11 Å². The topological polar surface area (TPSA) is 20.2 Å². The Bertz CT molecular complexity index is 230. The highest BCUT2D eigenvalue weighted by Gasteiger charge is 2.34. The van der Waals surface area contributed by atoms with Crippen molar-refractivity contribution in [1.82, 2.24) is 0 Å². The second kappa shape index (κ2) is 2.67. The summed E-state index contributed by atoms with van der Waals surface area (Å²) in [6, 6.07) is 10.3. The quantitative estimate of drug-likeness (QED) is 0.675. The van der Waals surface area contributed by atoms with Crippen LogP contribution in [0.2, 0.25) is 0 Å². The van der Waals surface area contributed by atoms with Crippen molar-refractivity contribution in [1.29, 1.82) is 0 Å². The molecule has 0 radical (unpaired) electrons. The summed E-state index contributed by atoms with van der Waals surface area (Å²) in [5.74, 6) is 0.539. The predicted molar refractivity (Wildman–Crippen MR) is 44.3 cm³/mol. The zero-order valence-corrected chi connectivity index (χ0v) is 6.40. The second-order valence-electron chi connectivity index (χ2n) is 3.25. The predicted octanol–water partition coefficient (Wildman–Crippen LogP) is 1.61. The molecule has 1 aliphatic rings. The van der Waals surface area contributed by atoms with Gasteiger partial charge in [-0.2, -0.15) is 0 Å². The summed E-state index contributed by atoms with van der Waals surface area (Å²) in [5, 5.41) is 9.09. The maximum Gasteiger partial charge on any atom is 0.0576 e. The summed E-state index contributed by atoms with van der Waals surface area (Å²) >= 11 is 0. The summed E-state index contributed by atoms with van der Waals surface area (Å²) in [7, 11) is 0. The molecular formula is C10H12O. The molecule has 0 spiro atoms. The van der Waals surface area contributed by atoms with Gasteiger partial charge in [-0.1, -0.05) is 30.3 Å². The molecule has 1 nitrogen and oxygen atoms in total. The minimum Gasteiger partial charge on any atom is -0.393 e. The van der Waals surface area contributed by atoms with Crippen molar-refractivity contribution in [3.05, 3.63) is 35.9 Å². The van der Waals surface area contributed by atoms with Gasteiger partial charge in [0.2, 0.25) is 0 Å². The summed E-state index contributed by atoms with van der Waals surface area (Å²) in [4.78, 5) is 0. The average molecular weight is 148 g/mol. The summed E-state index contributed by atoms with van der Waals surface area (Å²) in [6.07, 6.45) is 2.02. The summed E-state index contributed by atoms with van der Waals surface area (Å²) in [6.45, 7) is 0. The zero-order chi connectivity index (χ0) is 7.68. The van der Waals surface area contributed by atoms with Crippen LogP contribution in [0.5, 0.6) is 0 Å². The van der Waals surface area contributed by atoms with E-state index in [-0.39, 0.29) is 6.10 Å². The fourth-order valence-electron chi connectivity index (χ4n) is 1.37. The van der Waals surface area contributed by atoms with Crippen LogP contribution < -0.4 is 0 Å². The Morgan fingerprint density at radius 2 is 1.91 bits per heavy atom. The first-order valence-electron chi connectivity index (χ1n) is 4.08. The van der Waals surface area contributed by atoms with Crippen molar-refractivity contribution in [2.75, 3.05) is 0 Å². The molecule has 11 heavy (non-hydrogen) atoms. The van der Waals surface area contributed by atoms with E-state index in [0.29, 0.717) is 5.92 Å². The normalized spacial score (nSPS) is 28.5. The van der Waals surface area contributed by atoms with Crippen LogP contribution >= 0.6 is 0 Å². The van der Waals surface area contributed by atoms with E-state index in [9.17, 15) is 0 Å². The fraction of sp³-hybridized carbons (Fsp3) is 0.400.